The first kappa shape index (κ1) is 13.3. The molecule has 2 rings (SSSR count). The molecule has 1 aromatic rings. The molecule has 2 N–H and O–H groups in total. The van der Waals surface area contributed by atoms with Gasteiger partial charge in [0.2, 0.25) is 0 Å². The molecule has 98 valence electrons. The average molecular weight is 266 g/mol. The van der Waals surface area contributed by atoms with Crippen LogP contribution in [-0.2, 0) is 4.74 Å². The summed E-state index contributed by atoms with van der Waals surface area (Å²) in [6, 6.07) is 7.55. The number of nitrogens with two attached hydrogens (primary N) is 1. The Bertz CT molecular complexity index is 425. The summed E-state index contributed by atoms with van der Waals surface area (Å²) in [5, 5.41) is 0. The lowest BCUT2D eigenvalue weighted by atomic mass is 10.2. The van der Waals surface area contributed by atoms with Crippen LogP contribution in [0.15, 0.2) is 24.3 Å². The van der Waals surface area contributed by atoms with E-state index in [1.165, 1.54) is 0 Å². The fourth-order valence-electron chi connectivity index (χ4n) is 1.95. The minimum atomic E-state index is 0.100. The minimum absolute atomic E-state index is 0.100. The SMILES string of the molecule is CN1CCOC(COc2ccccc2C(N)=S)C1. The molecule has 1 atom stereocenters. The van der Waals surface area contributed by atoms with Crippen LogP contribution in [0.4, 0.5) is 0 Å². The first-order valence-corrected chi connectivity index (χ1v) is 6.39. The quantitative estimate of drug-likeness (QED) is 0.825. The van der Waals surface area contributed by atoms with E-state index in [9.17, 15) is 0 Å². The highest BCUT2D eigenvalue weighted by atomic mass is 32.1. The number of benzene rings is 1. The van der Waals surface area contributed by atoms with Gasteiger partial charge in [-0.25, -0.2) is 0 Å². The van der Waals surface area contributed by atoms with Crippen molar-refractivity contribution in [1.29, 1.82) is 0 Å². The monoisotopic (exact) mass is 266 g/mol. The summed E-state index contributed by atoms with van der Waals surface area (Å²) in [5.41, 5.74) is 6.43. The number of hydrogen-bond donors (Lipinski definition) is 1. The normalized spacial score (nSPS) is 20.6. The van der Waals surface area contributed by atoms with Crippen molar-refractivity contribution in [3.05, 3.63) is 29.8 Å². The van der Waals surface area contributed by atoms with Crippen molar-refractivity contribution in [3.63, 3.8) is 0 Å². The van der Waals surface area contributed by atoms with E-state index in [0.29, 0.717) is 11.6 Å². The summed E-state index contributed by atoms with van der Waals surface area (Å²) in [7, 11) is 2.08. The van der Waals surface area contributed by atoms with Crippen molar-refractivity contribution in [1.82, 2.24) is 4.90 Å². The molecule has 5 heteroatoms. The Labute approximate surface area is 113 Å². The van der Waals surface area contributed by atoms with E-state index in [2.05, 4.69) is 11.9 Å². The average Bonchev–Trinajstić information content (AvgIpc) is 2.37. The fourth-order valence-corrected chi connectivity index (χ4v) is 2.12. The third-order valence-electron chi connectivity index (χ3n) is 2.92. The van der Waals surface area contributed by atoms with E-state index in [0.717, 1.165) is 31.0 Å². The number of hydrogen-bond acceptors (Lipinski definition) is 4. The molecule has 18 heavy (non-hydrogen) atoms. The van der Waals surface area contributed by atoms with Gasteiger partial charge in [-0.1, -0.05) is 24.4 Å². The Hall–Kier alpha value is -1.17. The maximum atomic E-state index is 5.77. The van der Waals surface area contributed by atoms with E-state index in [4.69, 9.17) is 27.4 Å². The minimum Gasteiger partial charge on any atom is -0.490 e. The Balaban J connectivity index is 1.95. The molecule has 0 spiro atoms. The molecule has 1 aliphatic heterocycles. The summed E-state index contributed by atoms with van der Waals surface area (Å²) in [4.78, 5) is 2.59. The molecule has 1 saturated heterocycles. The highest BCUT2D eigenvalue weighted by molar-refractivity contribution is 7.80. The van der Waals surface area contributed by atoms with E-state index in [-0.39, 0.29) is 6.10 Å². The molecule has 1 heterocycles. The number of morpholine rings is 1. The van der Waals surface area contributed by atoms with E-state index in [1.54, 1.807) is 0 Å². The van der Waals surface area contributed by atoms with Crippen LogP contribution in [0.5, 0.6) is 5.75 Å². The van der Waals surface area contributed by atoms with Crippen molar-refractivity contribution in [3.8, 4) is 5.75 Å². The lowest BCUT2D eigenvalue weighted by molar-refractivity contribution is -0.0403. The number of ether oxygens (including phenoxy) is 2. The standard InChI is InChI=1S/C13H18N2O2S/c1-15-6-7-16-10(8-15)9-17-12-5-3-2-4-11(12)13(14)18/h2-5,10H,6-9H2,1H3,(H2,14,18). The number of likely N-dealkylation sites (N-methyl/N-ethyl adjacent to an activating group) is 1. The zero-order valence-electron chi connectivity index (χ0n) is 10.5. The molecule has 1 unspecified atom stereocenters. The van der Waals surface area contributed by atoms with Crippen molar-refractivity contribution >= 4 is 17.2 Å². The molecule has 0 radical (unpaired) electrons. The summed E-state index contributed by atoms with van der Waals surface area (Å²) in [6.07, 6.45) is 0.100. The first-order valence-electron chi connectivity index (χ1n) is 5.98. The van der Waals surface area contributed by atoms with Gasteiger partial charge in [0.25, 0.3) is 0 Å². The molecule has 1 aliphatic rings. The van der Waals surface area contributed by atoms with Gasteiger partial charge in [0.05, 0.1) is 12.2 Å². The molecule has 0 amide bonds. The van der Waals surface area contributed by atoms with E-state index < -0.39 is 0 Å². The molecule has 0 bridgehead atoms. The molecule has 1 fully saturated rings. The third kappa shape index (κ3) is 3.41. The van der Waals surface area contributed by atoms with Gasteiger partial charge in [0.1, 0.15) is 23.4 Å². The predicted molar refractivity (Wildman–Crippen MR) is 75.1 cm³/mol. The summed E-state index contributed by atoms with van der Waals surface area (Å²) < 4.78 is 11.4. The van der Waals surface area contributed by atoms with E-state index in [1.807, 2.05) is 24.3 Å². The number of rotatable bonds is 4. The van der Waals surface area contributed by atoms with Crippen molar-refractivity contribution in [2.75, 3.05) is 33.4 Å². The first-order chi connectivity index (χ1) is 8.66. The zero-order valence-corrected chi connectivity index (χ0v) is 11.3. The van der Waals surface area contributed by atoms with E-state index >= 15 is 0 Å². The van der Waals surface area contributed by atoms with Crippen LogP contribution in [0.3, 0.4) is 0 Å². The van der Waals surface area contributed by atoms with Crippen LogP contribution in [-0.4, -0.2) is 49.3 Å². The van der Waals surface area contributed by atoms with Crippen LogP contribution in [0.2, 0.25) is 0 Å². The lowest BCUT2D eigenvalue weighted by Gasteiger charge is -2.30. The fraction of sp³-hybridized carbons (Fsp3) is 0.462. The Kier molecular flexibility index (Phi) is 4.52. The Morgan fingerprint density at radius 2 is 2.33 bits per heavy atom. The van der Waals surface area contributed by atoms with Gasteiger partial charge in [-0.15, -0.1) is 0 Å². The van der Waals surface area contributed by atoms with Gasteiger partial charge in [-0.2, -0.15) is 0 Å². The van der Waals surface area contributed by atoms with Crippen LogP contribution in [0, 0.1) is 0 Å². The Morgan fingerprint density at radius 1 is 1.56 bits per heavy atom. The van der Waals surface area contributed by atoms with Gasteiger partial charge < -0.3 is 20.1 Å². The lowest BCUT2D eigenvalue weighted by Crippen LogP contribution is -2.42. The third-order valence-corrected chi connectivity index (χ3v) is 3.14. The topological polar surface area (TPSA) is 47.7 Å². The molecular weight excluding hydrogens is 248 g/mol. The van der Waals surface area contributed by atoms with Crippen molar-refractivity contribution < 1.29 is 9.47 Å². The van der Waals surface area contributed by atoms with Crippen molar-refractivity contribution in [2.24, 2.45) is 5.73 Å². The van der Waals surface area contributed by atoms with Crippen LogP contribution < -0.4 is 10.5 Å². The molecule has 0 aromatic heterocycles. The van der Waals surface area contributed by atoms with Gasteiger partial charge in [-0.05, 0) is 19.2 Å². The van der Waals surface area contributed by atoms with Gasteiger partial charge in [0, 0.05) is 13.1 Å². The second-order valence-corrected chi connectivity index (χ2v) is 4.87. The highest BCUT2D eigenvalue weighted by Crippen LogP contribution is 2.18. The van der Waals surface area contributed by atoms with Gasteiger partial charge in [0.15, 0.2) is 0 Å². The predicted octanol–water partition coefficient (Wildman–Crippen LogP) is 1.03. The summed E-state index contributed by atoms with van der Waals surface area (Å²) >= 11 is 5.00. The number of para-hydroxylation sites is 1. The summed E-state index contributed by atoms with van der Waals surface area (Å²) in [5.74, 6) is 0.724. The van der Waals surface area contributed by atoms with Crippen LogP contribution >= 0.6 is 12.2 Å². The maximum absolute atomic E-state index is 5.77. The highest BCUT2D eigenvalue weighted by Gasteiger charge is 2.18. The summed E-state index contributed by atoms with van der Waals surface area (Å²) in [6.45, 7) is 3.13. The smallest absolute Gasteiger partial charge is 0.129 e. The molecule has 0 saturated carbocycles. The number of nitrogens with zero attached hydrogens (tertiary/aromatic N) is 1. The van der Waals surface area contributed by atoms with Gasteiger partial charge >= 0.3 is 0 Å². The molecule has 1 aromatic carbocycles. The molecule has 0 aliphatic carbocycles. The second-order valence-electron chi connectivity index (χ2n) is 4.43. The van der Waals surface area contributed by atoms with Crippen LogP contribution in [0.1, 0.15) is 5.56 Å². The molecular formula is C13H18N2O2S. The number of thiocarbonyl (C=S) groups is 1. The Morgan fingerprint density at radius 3 is 3.06 bits per heavy atom. The maximum Gasteiger partial charge on any atom is 0.129 e. The van der Waals surface area contributed by atoms with Crippen molar-refractivity contribution in [2.45, 2.75) is 6.10 Å². The zero-order chi connectivity index (χ0) is 13.0. The van der Waals surface area contributed by atoms with Crippen LogP contribution in [0.25, 0.3) is 0 Å². The molecule has 4 nitrogen and oxygen atoms in total. The van der Waals surface area contributed by atoms with Gasteiger partial charge in [-0.3, -0.25) is 0 Å². The largest absolute Gasteiger partial charge is 0.490 e. The second kappa shape index (κ2) is 6.13.